The first-order chi connectivity index (χ1) is 31.3. The number of hydrogen-bond donors (Lipinski definition) is 1. The highest BCUT2D eigenvalue weighted by Crippen LogP contribution is 2.37. The molecule has 2 aliphatic rings. The van der Waals surface area contributed by atoms with Crippen molar-refractivity contribution in [2.45, 2.75) is 84.0 Å². The average molecular weight is 883 g/mol. The van der Waals surface area contributed by atoms with Crippen molar-refractivity contribution in [3.63, 3.8) is 0 Å². The molecule has 1 N–H and O–H groups in total. The second-order valence-electron chi connectivity index (χ2n) is 17.1. The summed E-state index contributed by atoms with van der Waals surface area (Å²) in [6, 6.07) is 30.3. The fourth-order valence-corrected chi connectivity index (χ4v) is 8.89. The lowest BCUT2D eigenvalue weighted by molar-refractivity contribution is -0.146. The minimum absolute atomic E-state index is 0.227. The van der Waals surface area contributed by atoms with E-state index in [1.807, 2.05) is 93.4 Å². The first-order valence-electron chi connectivity index (χ1n) is 21.9. The molecule has 336 valence electrons. The summed E-state index contributed by atoms with van der Waals surface area (Å²) < 4.78 is 60.3. The molecule has 0 saturated carbocycles. The number of halogens is 3. The van der Waals surface area contributed by atoms with Gasteiger partial charge in [0.05, 0.1) is 13.2 Å². The van der Waals surface area contributed by atoms with Crippen LogP contribution in [-0.4, -0.2) is 59.4 Å². The fraction of sp³-hybridized carbons (Fsp3) is 0.302. The number of aryl methyl sites for hydroxylation is 1. The van der Waals surface area contributed by atoms with Crippen LogP contribution in [0.2, 0.25) is 0 Å². The molecule has 8 rings (SSSR count). The van der Waals surface area contributed by atoms with E-state index >= 15 is 0 Å². The number of esters is 1. The summed E-state index contributed by atoms with van der Waals surface area (Å²) in [5.41, 5.74) is 10.2. The van der Waals surface area contributed by atoms with Crippen LogP contribution in [0.3, 0.4) is 0 Å². The third-order valence-electron chi connectivity index (χ3n) is 12.6. The van der Waals surface area contributed by atoms with Crippen molar-refractivity contribution in [1.29, 1.82) is 0 Å². The Morgan fingerprint density at radius 3 is 2.37 bits per heavy atom. The number of ether oxygens (including phenoxy) is 3. The Hall–Kier alpha value is -6.50. The molecule has 1 aromatic heterocycles. The number of pyridine rings is 1. The summed E-state index contributed by atoms with van der Waals surface area (Å²) in [5.74, 6) is -1.72. The minimum atomic E-state index is -0.945. The van der Waals surface area contributed by atoms with Crippen molar-refractivity contribution in [2.24, 2.45) is 0 Å². The number of nitrogens with zero attached hydrogens (tertiary/aromatic N) is 3. The predicted molar refractivity (Wildman–Crippen MR) is 243 cm³/mol. The minimum Gasteiger partial charge on any atom is -0.486 e. The maximum atomic E-state index is 14.5. The largest absolute Gasteiger partial charge is 0.486 e. The Labute approximate surface area is 378 Å². The third-order valence-corrected chi connectivity index (χ3v) is 12.6. The molecule has 3 heterocycles. The highest BCUT2D eigenvalue weighted by atomic mass is 19.2. The van der Waals surface area contributed by atoms with Gasteiger partial charge in [-0.1, -0.05) is 67.6 Å². The molecule has 5 aromatic carbocycles. The molecule has 6 aromatic rings. The molecule has 1 amide bonds. The molecule has 9 nitrogen and oxygen atoms in total. The number of methoxy groups -OCH3 is 1. The lowest BCUT2D eigenvalue weighted by Crippen LogP contribution is -2.54. The topological polar surface area (TPSA) is 93.2 Å². The van der Waals surface area contributed by atoms with Gasteiger partial charge < -0.3 is 19.5 Å². The molecule has 4 atom stereocenters. The van der Waals surface area contributed by atoms with Gasteiger partial charge in [0.15, 0.2) is 11.6 Å². The van der Waals surface area contributed by atoms with Crippen LogP contribution in [0.1, 0.15) is 75.8 Å². The summed E-state index contributed by atoms with van der Waals surface area (Å²) in [7, 11) is 3.35. The maximum absolute atomic E-state index is 14.5. The lowest BCUT2D eigenvalue weighted by Gasteiger charge is -2.37. The molecule has 12 heteroatoms. The standard InChI is InChI=1S/C53H53F3N4O5/c1-6-49(38-16-19-45(55)46(56)25-38)64-43-17-14-37(15-18-43)51-31-59(4)29-41-24-39-26-48(60(30-40(39)27-50(41)65-51)28-35-8-7-9-42(54)22-35)52(61)58-47(53(62)63-5)23-34-10-12-36(13-11-34)44-20-21-57-33(3)32(44)2/h7-22,24-25,27,47-49,51H,6,23,26,28-31H2,1-5H3,(H,58,61)/t47-,48-,49+,51+/m0/s1. The Morgan fingerprint density at radius 1 is 0.862 bits per heavy atom. The first-order valence-corrected chi connectivity index (χ1v) is 21.9. The molecule has 0 fully saturated rings. The molecule has 65 heavy (non-hydrogen) atoms. The summed E-state index contributed by atoms with van der Waals surface area (Å²) in [6.07, 6.45) is 2.17. The number of nitrogens with one attached hydrogen (secondary N) is 1. The van der Waals surface area contributed by atoms with Gasteiger partial charge >= 0.3 is 5.97 Å². The van der Waals surface area contributed by atoms with E-state index in [2.05, 4.69) is 27.3 Å². The van der Waals surface area contributed by atoms with Crippen LogP contribution in [0.25, 0.3) is 11.1 Å². The second kappa shape index (κ2) is 19.7. The van der Waals surface area contributed by atoms with E-state index < -0.39 is 35.8 Å². The SMILES string of the molecule is CC[C@@H](Oc1ccc([C@H]2CN(C)Cc3cc4c(cc3O2)CN(Cc2cccc(F)c2)[C@H](C(=O)N[C@@H](Cc2ccc(-c3ccnc(C)c3C)cc2)C(=O)OC)C4)cc1)c1ccc(F)c(F)c1. The number of carbonyl (C=O) groups is 2. The summed E-state index contributed by atoms with van der Waals surface area (Å²) in [4.78, 5) is 36.3. The zero-order valence-corrected chi connectivity index (χ0v) is 37.2. The van der Waals surface area contributed by atoms with Crippen LogP contribution in [0.5, 0.6) is 11.5 Å². The molecule has 0 radical (unpaired) electrons. The van der Waals surface area contributed by atoms with Gasteiger partial charge in [-0.05, 0) is 132 Å². The molecule has 0 spiro atoms. The summed E-state index contributed by atoms with van der Waals surface area (Å²) in [6.45, 7) is 7.83. The highest BCUT2D eigenvalue weighted by Gasteiger charge is 2.36. The Balaban J connectivity index is 1.02. The zero-order valence-electron chi connectivity index (χ0n) is 37.2. The van der Waals surface area contributed by atoms with E-state index in [9.17, 15) is 22.8 Å². The van der Waals surface area contributed by atoms with Gasteiger partial charge in [0.1, 0.15) is 35.6 Å². The number of aromatic nitrogens is 1. The molecule has 2 aliphatic heterocycles. The summed E-state index contributed by atoms with van der Waals surface area (Å²) in [5, 5.41) is 3.03. The van der Waals surface area contributed by atoms with Crippen molar-refractivity contribution in [1.82, 2.24) is 20.1 Å². The van der Waals surface area contributed by atoms with E-state index in [1.54, 1.807) is 12.3 Å². The number of fused-ring (bicyclic) bond motifs is 2. The van der Waals surface area contributed by atoms with E-state index in [0.717, 1.165) is 62.0 Å². The molecular weight excluding hydrogens is 830 g/mol. The van der Waals surface area contributed by atoms with Gasteiger partial charge in [0.2, 0.25) is 5.91 Å². The van der Waals surface area contributed by atoms with E-state index in [0.29, 0.717) is 55.9 Å². The van der Waals surface area contributed by atoms with Gasteiger partial charge in [0.25, 0.3) is 0 Å². The van der Waals surface area contributed by atoms with Crippen LogP contribution in [0.15, 0.2) is 115 Å². The highest BCUT2D eigenvalue weighted by molar-refractivity contribution is 5.88. The average Bonchev–Trinajstić information content (AvgIpc) is 3.46. The fourth-order valence-electron chi connectivity index (χ4n) is 8.89. The smallest absolute Gasteiger partial charge is 0.328 e. The second-order valence-corrected chi connectivity index (χ2v) is 17.1. The van der Waals surface area contributed by atoms with Crippen LogP contribution < -0.4 is 14.8 Å². The number of rotatable bonds is 13. The van der Waals surface area contributed by atoms with Crippen LogP contribution in [0.4, 0.5) is 13.2 Å². The molecular formula is C53H53F3N4O5. The molecule has 0 unspecified atom stereocenters. The van der Waals surface area contributed by atoms with Crippen molar-refractivity contribution >= 4 is 11.9 Å². The number of carbonyl (C=O) groups excluding carboxylic acids is 2. The predicted octanol–water partition coefficient (Wildman–Crippen LogP) is 9.71. The van der Waals surface area contributed by atoms with Crippen molar-refractivity contribution < 1.29 is 37.0 Å². The zero-order chi connectivity index (χ0) is 45.8. The maximum Gasteiger partial charge on any atom is 0.328 e. The summed E-state index contributed by atoms with van der Waals surface area (Å²) >= 11 is 0. The van der Waals surface area contributed by atoms with Crippen molar-refractivity contribution in [3.8, 4) is 22.6 Å². The number of hydrogen-bond acceptors (Lipinski definition) is 8. The Bertz CT molecular complexity index is 2680. The van der Waals surface area contributed by atoms with Crippen LogP contribution >= 0.6 is 0 Å². The Morgan fingerprint density at radius 2 is 1.65 bits per heavy atom. The first kappa shape index (κ1) is 45.1. The van der Waals surface area contributed by atoms with Gasteiger partial charge in [-0.15, -0.1) is 0 Å². The molecule has 0 saturated heterocycles. The van der Waals surface area contributed by atoms with Crippen molar-refractivity contribution in [2.75, 3.05) is 20.7 Å². The van der Waals surface area contributed by atoms with Gasteiger partial charge in [0, 0.05) is 50.1 Å². The monoisotopic (exact) mass is 882 g/mol. The van der Waals surface area contributed by atoms with Crippen LogP contribution in [-0.2, 0) is 46.8 Å². The van der Waals surface area contributed by atoms with Crippen LogP contribution in [0, 0.1) is 31.3 Å². The number of amides is 1. The quantitative estimate of drug-likeness (QED) is 0.115. The van der Waals surface area contributed by atoms with E-state index in [1.165, 1.54) is 31.4 Å². The van der Waals surface area contributed by atoms with Gasteiger partial charge in [-0.25, -0.2) is 18.0 Å². The number of benzene rings is 5. The van der Waals surface area contributed by atoms with Crippen molar-refractivity contribution in [3.05, 3.63) is 183 Å². The molecule has 0 bridgehead atoms. The van der Waals surface area contributed by atoms with E-state index in [-0.39, 0.29) is 24.2 Å². The van der Waals surface area contributed by atoms with Gasteiger partial charge in [-0.3, -0.25) is 19.6 Å². The molecule has 0 aliphatic carbocycles. The van der Waals surface area contributed by atoms with Gasteiger partial charge in [-0.2, -0.15) is 0 Å². The van der Waals surface area contributed by atoms with E-state index in [4.69, 9.17) is 14.2 Å². The Kier molecular flexibility index (Phi) is 13.7. The normalized spacial score (nSPS) is 17.2. The number of likely N-dealkylation sites (N-methyl/N-ethyl adjacent to an activating group) is 1. The lowest BCUT2D eigenvalue weighted by atomic mass is 9.90. The third kappa shape index (κ3) is 10.4.